The highest BCUT2D eigenvalue weighted by Crippen LogP contribution is 2.34. The van der Waals surface area contributed by atoms with Crippen molar-refractivity contribution in [2.45, 2.75) is 4.90 Å². The fourth-order valence-corrected chi connectivity index (χ4v) is 5.23. The summed E-state index contributed by atoms with van der Waals surface area (Å²) in [6.45, 7) is 0. The van der Waals surface area contributed by atoms with Crippen LogP contribution in [0.5, 0.6) is 5.75 Å². The molecular weight excluding hydrogens is 482 g/mol. The lowest BCUT2D eigenvalue weighted by Gasteiger charge is -2.24. The van der Waals surface area contributed by atoms with Crippen LogP contribution in [0.25, 0.3) is 11.6 Å². The van der Waals surface area contributed by atoms with Gasteiger partial charge in [-0.05, 0) is 47.5 Å². The molecule has 35 heavy (non-hydrogen) atoms. The number of hydrogen-bond acceptors (Lipinski definition) is 4. The Labute approximate surface area is 209 Å². The highest BCUT2D eigenvalue weighted by molar-refractivity contribution is 7.93. The molecule has 4 aromatic carbocycles. The summed E-state index contributed by atoms with van der Waals surface area (Å²) in [5, 5.41) is 0.180. The number of carbonyl (C=O) groups excluding carboxylic acids is 1. The Morgan fingerprint density at radius 1 is 0.829 bits per heavy atom. The van der Waals surface area contributed by atoms with Crippen LogP contribution in [0.1, 0.15) is 11.1 Å². The van der Waals surface area contributed by atoms with Crippen LogP contribution in [0, 0.1) is 0 Å². The molecule has 176 valence electrons. The minimum atomic E-state index is -4.29. The molecule has 0 unspecified atom stereocenters. The van der Waals surface area contributed by atoms with Crippen LogP contribution < -0.4 is 9.04 Å². The number of carbonyl (C=O) groups is 1. The largest absolute Gasteiger partial charge is 0.495 e. The summed E-state index contributed by atoms with van der Waals surface area (Å²) in [7, 11) is -2.83. The molecule has 0 radical (unpaired) electrons. The Morgan fingerprint density at radius 2 is 1.40 bits per heavy atom. The van der Waals surface area contributed by atoms with Crippen LogP contribution in [0.2, 0.25) is 5.02 Å². The van der Waals surface area contributed by atoms with E-state index >= 15 is 0 Å². The monoisotopic (exact) mass is 503 g/mol. The molecule has 4 aromatic rings. The van der Waals surface area contributed by atoms with Crippen LogP contribution in [0.4, 0.5) is 5.69 Å². The Balaban J connectivity index is 1.94. The van der Waals surface area contributed by atoms with Crippen molar-refractivity contribution in [1.29, 1.82) is 0 Å². The molecule has 0 aromatic heterocycles. The van der Waals surface area contributed by atoms with Crippen LogP contribution in [0.15, 0.2) is 114 Å². The number of rotatable bonds is 7. The quantitative estimate of drug-likeness (QED) is 0.219. The van der Waals surface area contributed by atoms with Crippen molar-refractivity contribution in [3.05, 3.63) is 125 Å². The van der Waals surface area contributed by atoms with Gasteiger partial charge < -0.3 is 4.74 Å². The van der Waals surface area contributed by atoms with Gasteiger partial charge in [0.05, 0.1) is 22.7 Å². The second kappa shape index (κ2) is 10.6. The third-order valence-corrected chi connectivity index (χ3v) is 7.28. The number of amides is 1. The van der Waals surface area contributed by atoms with Gasteiger partial charge in [0, 0.05) is 5.57 Å². The van der Waals surface area contributed by atoms with Crippen molar-refractivity contribution in [2.24, 2.45) is 0 Å². The maximum atomic E-state index is 14.1. The van der Waals surface area contributed by atoms with E-state index in [4.69, 9.17) is 16.3 Å². The van der Waals surface area contributed by atoms with E-state index in [1.165, 1.54) is 37.4 Å². The predicted molar refractivity (Wildman–Crippen MR) is 140 cm³/mol. The lowest BCUT2D eigenvalue weighted by Crippen LogP contribution is -2.37. The van der Waals surface area contributed by atoms with E-state index in [-0.39, 0.29) is 21.2 Å². The van der Waals surface area contributed by atoms with Gasteiger partial charge in [0.15, 0.2) is 0 Å². The first-order chi connectivity index (χ1) is 16.9. The standard InChI is InChI=1S/C28H22ClNO4S/c1-34-27-18-17-23(20-26(27)29)30(35(32,33)24-15-9-4-10-16-24)28(31)25(22-13-7-3-8-14-22)19-21-11-5-2-6-12-21/h2-20H,1H3/b25-19+. The molecule has 0 fully saturated rings. The topological polar surface area (TPSA) is 63.7 Å². The lowest BCUT2D eigenvalue weighted by atomic mass is 10.0. The summed E-state index contributed by atoms with van der Waals surface area (Å²) in [6.07, 6.45) is 1.68. The zero-order chi connectivity index (χ0) is 24.8. The van der Waals surface area contributed by atoms with Crippen molar-refractivity contribution in [1.82, 2.24) is 0 Å². The van der Waals surface area contributed by atoms with E-state index in [0.29, 0.717) is 11.3 Å². The summed E-state index contributed by atoms with van der Waals surface area (Å²) in [4.78, 5) is 14.1. The second-order valence-electron chi connectivity index (χ2n) is 7.54. The average molecular weight is 504 g/mol. The molecule has 0 atom stereocenters. The number of hydrogen-bond donors (Lipinski definition) is 0. The van der Waals surface area contributed by atoms with Crippen molar-refractivity contribution < 1.29 is 17.9 Å². The molecule has 0 spiro atoms. The van der Waals surface area contributed by atoms with E-state index in [9.17, 15) is 13.2 Å². The van der Waals surface area contributed by atoms with Crippen LogP contribution in [-0.2, 0) is 14.8 Å². The molecule has 0 bridgehead atoms. The van der Waals surface area contributed by atoms with Crippen molar-refractivity contribution >= 4 is 44.9 Å². The minimum absolute atomic E-state index is 0.0209. The van der Waals surface area contributed by atoms with E-state index in [0.717, 1.165) is 9.87 Å². The summed E-state index contributed by atoms with van der Waals surface area (Å²) >= 11 is 6.33. The van der Waals surface area contributed by atoms with Crippen molar-refractivity contribution in [3.8, 4) is 5.75 Å². The van der Waals surface area contributed by atoms with Crippen LogP contribution >= 0.6 is 11.6 Å². The first kappa shape index (κ1) is 24.3. The van der Waals surface area contributed by atoms with Crippen LogP contribution in [0.3, 0.4) is 0 Å². The third kappa shape index (κ3) is 5.29. The third-order valence-electron chi connectivity index (χ3n) is 5.26. The predicted octanol–water partition coefficient (Wildman–Crippen LogP) is 6.31. The fraction of sp³-hybridized carbons (Fsp3) is 0.0357. The van der Waals surface area contributed by atoms with Gasteiger partial charge in [0.1, 0.15) is 5.75 Å². The Bertz CT molecular complexity index is 1460. The molecular formula is C28H22ClNO4S. The van der Waals surface area contributed by atoms with Crippen molar-refractivity contribution in [3.63, 3.8) is 0 Å². The highest BCUT2D eigenvalue weighted by Gasteiger charge is 2.34. The molecule has 5 nitrogen and oxygen atoms in total. The molecule has 0 heterocycles. The number of nitrogens with zero attached hydrogens (tertiary/aromatic N) is 1. The Morgan fingerprint density at radius 3 is 1.97 bits per heavy atom. The second-order valence-corrected chi connectivity index (χ2v) is 9.74. The Kier molecular flexibility index (Phi) is 7.34. The van der Waals surface area contributed by atoms with Gasteiger partial charge in [-0.2, -0.15) is 4.31 Å². The van der Waals surface area contributed by atoms with E-state index in [2.05, 4.69) is 0 Å². The number of methoxy groups -OCH3 is 1. The number of benzene rings is 4. The molecule has 7 heteroatoms. The maximum Gasteiger partial charge on any atom is 0.272 e. The van der Waals surface area contributed by atoms with Gasteiger partial charge in [-0.1, -0.05) is 90.5 Å². The molecule has 1 amide bonds. The SMILES string of the molecule is COc1ccc(N(C(=O)/C(=C/c2ccccc2)c2ccccc2)S(=O)(=O)c2ccccc2)cc1Cl. The lowest BCUT2D eigenvalue weighted by molar-refractivity contribution is -0.112. The molecule has 0 aliphatic rings. The van der Waals surface area contributed by atoms with Gasteiger partial charge in [0.25, 0.3) is 15.9 Å². The van der Waals surface area contributed by atoms with E-state index in [1.54, 1.807) is 48.5 Å². The van der Waals surface area contributed by atoms with Crippen molar-refractivity contribution in [2.75, 3.05) is 11.4 Å². The van der Waals surface area contributed by atoms with Gasteiger partial charge in [-0.3, -0.25) is 4.79 Å². The highest BCUT2D eigenvalue weighted by atomic mass is 35.5. The number of halogens is 1. The molecule has 0 aliphatic carbocycles. The molecule has 0 N–H and O–H groups in total. The zero-order valence-electron chi connectivity index (χ0n) is 18.8. The van der Waals surface area contributed by atoms with Crippen LogP contribution in [-0.4, -0.2) is 21.4 Å². The summed E-state index contributed by atoms with van der Waals surface area (Å²) in [5.74, 6) is -0.354. The summed E-state index contributed by atoms with van der Waals surface area (Å²) < 4.78 is 33.7. The first-order valence-corrected chi connectivity index (χ1v) is 12.5. The summed E-state index contributed by atoms with van der Waals surface area (Å²) in [5.41, 5.74) is 1.64. The molecule has 0 saturated heterocycles. The molecule has 0 aliphatic heterocycles. The van der Waals surface area contributed by atoms with Gasteiger partial charge in [-0.15, -0.1) is 0 Å². The molecule has 0 saturated carbocycles. The average Bonchev–Trinajstić information content (AvgIpc) is 2.89. The van der Waals surface area contributed by atoms with E-state index in [1.807, 2.05) is 36.4 Å². The number of anilines is 1. The van der Waals surface area contributed by atoms with Gasteiger partial charge in [-0.25, -0.2) is 8.42 Å². The zero-order valence-corrected chi connectivity index (χ0v) is 20.4. The smallest absolute Gasteiger partial charge is 0.272 e. The number of sulfonamides is 1. The summed E-state index contributed by atoms with van der Waals surface area (Å²) in [6, 6.07) is 30.4. The normalized spacial score (nSPS) is 11.7. The first-order valence-electron chi connectivity index (χ1n) is 10.7. The minimum Gasteiger partial charge on any atom is -0.495 e. The molecule has 4 rings (SSSR count). The maximum absolute atomic E-state index is 14.1. The Hall–Kier alpha value is -3.87. The fourth-order valence-electron chi connectivity index (χ4n) is 3.56. The number of ether oxygens (including phenoxy) is 1. The van der Waals surface area contributed by atoms with Gasteiger partial charge >= 0.3 is 0 Å². The van der Waals surface area contributed by atoms with E-state index < -0.39 is 15.9 Å². The van der Waals surface area contributed by atoms with Gasteiger partial charge in [0.2, 0.25) is 0 Å².